The van der Waals surface area contributed by atoms with Crippen LogP contribution in [0.3, 0.4) is 0 Å². The van der Waals surface area contributed by atoms with Gasteiger partial charge in [-0.1, -0.05) is 12.1 Å². The summed E-state index contributed by atoms with van der Waals surface area (Å²) in [7, 11) is 1.37. The van der Waals surface area contributed by atoms with E-state index in [9.17, 15) is 9.18 Å². The Morgan fingerprint density at radius 3 is 2.81 bits per heavy atom. The van der Waals surface area contributed by atoms with Crippen LogP contribution in [-0.4, -0.2) is 13.1 Å². The minimum Gasteiger partial charge on any atom is -0.469 e. The zero-order chi connectivity index (χ0) is 11.7. The number of carbonyl (C=O) groups excluding carboxylic acids is 1. The fraction of sp³-hybridized carbons (Fsp3) is 0.417. The van der Waals surface area contributed by atoms with Crippen molar-refractivity contribution in [2.45, 2.75) is 18.8 Å². The number of esters is 1. The van der Waals surface area contributed by atoms with Gasteiger partial charge in [0.2, 0.25) is 0 Å². The van der Waals surface area contributed by atoms with E-state index in [4.69, 9.17) is 4.74 Å². The van der Waals surface area contributed by atoms with Gasteiger partial charge in [-0.05, 0) is 46.3 Å². The van der Waals surface area contributed by atoms with Gasteiger partial charge in [0, 0.05) is 0 Å². The molecule has 0 N–H and O–H groups in total. The smallest absolute Gasteiger partial charge is 0.313 e. The molecule has 16 heavy (non-hydrogen) atoms. The summed E-state index contributed by atoms with van der Waals surface area (Å²) >= 11 is 3.19. The largest absolute Gasteiger partial charge is 0.469 e. The van der Waals surface area contributed by atoms with Gasteiger partial charge in [-0.15, -0.1) is 0 Å². The van der Waals surface area contributed by atoms with E-state index in [1.807, 2.05) is 0 Å². The van der Waals surface area contributed by atoms with Gasteiger partial charge < -0.3 is 4.74 Å². The molecule has 4 heteroatoms. The molecular weight excluding hydrogens is 275 g/mol. The first kappa shape index (κ1) is 11.6. The van der Waals surface area contributed by atoms with E-state index >= 15 is 0 Å². The van der Waals surface area contributed by atoms with Crippen LogP contribution in [0.2, 0.25) is 0 Å². The molecule has 2 rings (SSSR count). The lowest BCUT2D eigenvalue weighted by Crippen LogP contribution is -2.17. The third-order valence-corrected chi connectivity index (χ3v) is 3.70. The van der Waals surface area contributed by atoms with E-state index in [0.717, 1.165) is 12.8 Å². The lowest BCUT2D eigenvalue weighted by molar-refractivity contribution is -0.143. The summed E-state index contributed by atoms with van der Waals surface area (Å²) in [5.41, 5.74) is 0.689. The van der Waals surface area contributed by atoms with Crippen molar-refractivity contribution in [2.24, 2.45) is 5.92 Å². The molecule has 0 aliphatic heterocycles. The van der Waals surface area contributed by atoms with E-state index in [1.165, 1.54) is 13.2 Å². The number of carbonyl (C=O) groups is 1. The molecule has 0 aromatic heterocycles. The van der Waals surface area contributed by atoms with Crippen molar-refractivity contribution in [3.8, 4) is 0 Å². The zero-order valence-corrected chi connectivity index (χ0v) is 10.5. The molecule has 1 saturated carbocycles. The third kappa shape index (κ3) is 2.12. The molecule has 0 spiro atoms. The average Bonchev–Trinajstić information content (AvgIpc) is 3.08. The summed E-state index contributed by atoms with van der Waals surface area (Å²) in [5, 5.41) is 0. The summed E-state index contributed by atoms with van der Waals surface area (Å²) in [6.07, 6.45) is 2.01. The predicted molar refractivity (Wildman–Crippen MR) is 61.6 cm³/mol. The van der Waals surface area contributed by atoms with Gasteiger partial charge in [0.1, 0.15) is 5.82 Å². The molecular formula is C12H12BrFO2. The molecule has 1 aliphatic rings. The van der Waals surface area contributed by atoms with Crippen molar-refractivity contribution in [3.05, 3.63) is 34.1 Å². The first-order chi connectivity index (χ1) is 7.65. The highest BCUT2D eigenvalue weighted by atomic mass is 79.9. The van der Waals surface area contributed by atoms with E-state index in [0.29, 0.717) is 16.0 Å². The maximum Gasteiger partial charge on any atom is 0.313 e. The molecule has 1 atom stereocenters. The molecule has 0 amide bonds. The third-order valence-electron chi connectivity index (χ3n) is 2.87. The lowest BCUT2D eigenvalue weighted by Gasteiger charge is -2.15. The van der Waals surface area contributed by atoms with Crippen LogP contribution in [0.15, 0.2) is 22.7 Å². The lowest BCUT2D eigenvalue weighted by atomic mass is 9.94. The standard InChI is InChI=1S/C12H12BrFO2/c1-16-12(15)10(7-5-6-7)8-3-2-4-9(14)11(8)13/h2-4,7,10H,5-6H2,1H3. The van der Waals surface area contributed by atoms with Gasteiger partial charge in [0.05, 0.1) is 17.5 Å². The van der Waals surface area contributed by atoms with Gasteiger partial charge in [-0.25, -0.2) is 4.39 Å². The van der Waals surface area contributed by atoms with Crippen LogP contribution in [0.1, 0.15) is 24.3 Å². The van der Waals surface area contributed by atoms with E-state index < -0.39 is 0 Å². The maximum atomic E-state index is 13.4. The normalized spacial score (nSPS) is 16.9. The Kier molecular flexibility index (Phi) is 3.28. The number of halogens is 2. The average molecular weight is 287 g/mol. The highest BCUT2D eigenvalue weighted by Crippen LogP contribution is 2.45. The Bertz CT molecular complexity index is 415. The quantitative estimate of drug-likeness (QED) is 0.798. The van der Waals surface area contributed by atoms with E-state index in [-0.39, 0.29) is 17.7 Å². The topological polar surface area (TPSA) is 26.3 Å². The van der Waals surface area contributed by atoms with Crippen molar-refractivity contribution in [1.82, 2.24) is 0 Å². The van der Waals surface area contributed by atoms with Gasteiger partial charge in [0.15, 0.2) is 0 Å². The molecule has 1 aromatic carbocycles. The number of benzene rings is 1. The predicted octanol–water partition coefficient (Wildman–Crippen LogP) is 3.25. The minimum atomic E-state index is -0.341. The summed E-state index contributed by atoms with van der Waals surface area (Å²) in [4.78, 5) is 11.7. The van der Waals surface area contributed by atoms with Gasteiger partial charge in [-0.2, -0.15) is 0 Å². The molecule has 1 aromatic rings. The molecule has 0 bridgehead atoms. The Morgan fingerprint density at radius 2 is 2.25 bits per heavy atom. The van der Waals surface area contributed by atoms with Crippen molar-refractivity contribution >= 4 is 21.9 Å². The molecule has 1 fully saturated rings. The number of methoxy groups -OCH3 is 1. The van der Waals surface area contributed by atoms with Crippen molar-refractivity contribution in [1.29, 1.82) is 0 Å². The molecule has 2 nitrogen and oxygen atoms in total. The van der Waals surface area contributed by atoms with E-state index in [1.54, 1.807) is 12.1 Å². The highest BCUT2D eigenvalue weighted by molar-refractivity contribution is 9.10. The van der Waals surface area contributed by atoms with Crippen LogP contribution in [0.4, 0.5) is 4.39 Å². The number of hydrogen-bond donors (Lipinski definition) is 0. The Hall–Kier alpha value is -0.900. The second kappa shape index (κ2) is 4.53. The van der Waals surface area contributed by atoms with Gasteiger partial charge in [-0.3, -0.25) is 4.79 Å². The van der Waals surface area contributed by atoms with Gasteiger partial charge >= 0.3 is 5.97 Å². The molecule has 0 radical (unpaired) electrons. The SMILES string of the molecule is COC(=O)C(c1cccc(F)c1Br)C1CC1. The summed E-state index contributed by atoms with van der Waals surface area (Å²) in [6, 6.07) is 4.76. The molecule has 0 heterocycles. The fourth-order valence-corrected chi connectivity index (χ4v) is 2.40. The number of hydrogen-bond acceptors (Lipinski definition) is 2. The van der Waals surface area contributed by atoms with Crippen LogP contribution in [0.5, 0.6) is 0 Å². The first-order valence-electron chi connectivity index (χ1n) is 5.17. The number of ether oxygens (including phenoxy) is 1. The van der Waals surface area contributed by atoms with Gasteiger partial charge in [0.25, 0.3) is 0 Å². The maximum absolute atomic E-state index is 13.4. The fourth-order valence-electron chi connectivity index (χ4n) is 1.89. The summed E-state index contributed by atoms with van der Waals surface area (Å²) < 4.78 is 18.5. The van der Waals surface area contributed by atoms with E-state index in [2.05, 4.69) is 15.9 Å². The highest BCUT2D eigenvalue weighted by Gasteiger charge is 2.39. The van der Waals surface area contributed by atoms with Crippen LogP contribution in [0, 0.1) is 11.7 Å². The first-order valence-corrected chi connectivity index (χ1v) is 5.96. The van der Waals surface area contributed by atoms with Crippen LogP contribution in [-0.2, 0) is 9.53 Å². The molecule has 0 saturated heterocycles. The molecule has 86 valence electrons. The van der Waals surface area contributed by atoms with Crippen LogP contribution < -0.4 is 0 Å². The minimum absolute atomic E-state index is 0.284. The monoisotopic (exact) mass is 286 g/mol. The summed E-state index contributed by atoms with van der Waals surface area (Å²) in [6.45, 7) is 0. The Morgan fingerprint density at radius 1 is 1.56 bits per heavy atom. The molecule has 1 unspecified atom stereocenters. The number of rotatable bonds is 3. The van der Waals surface area contributed by atoms with Crippen LogP contribution in [0.25, 0.3) is 0 Å². The van der Waals surface area contributed by atoms with Crippen molar-refractivity contribution in [2.75, 3.05) is 7.11 Å². The Labute approximate surface area is 102 Å². The summed E-state index contributed by atoms with van der Waals surface area (Å²) in [5.74, 6) is -0.665. The Balaban J connectivity index is 2.38. The van der Waals surface area contributed by atoms with Crippen LogP contribution >= 0.6 is 15.9 Å². The zero-order valence-electron chi connectivity index (χ0n) is 8.87. The van der Waals surface area contributed by atoms with Crippen molar-refractivity contribution < 1.29 is 13.9 Å². The van der Waals surface area contributed by atoms with Crippen molar-refractivity contribution in [3.63, 3.8) is 0 Å². The second-order valence-electron chi connectivity index (χ2n) is 3.98. The second-order valence-corrected chi connectivity index (χ2v) is 4.77. The molecule has 1 aliphatic carbocycles.